The number of rotatable bonds is 10. The Morgan fingerprint density at radius 2 is 0.719 bits per heavy atom. The lowest BCUT2D eigenvalue weighted by molar-refractivity contribution is -0.144. The summed E-state index contributed by atoms with van der Waals surface area (Å²) in [6, 6.07) is 69.0. The van der Waals surface area contributed by atoms with Crippen LogP contribution >= 0.6 is 31.5 Å². The van der Waals surface area contributed by atoms with Crippen molar-refractivity contribution in [3.8, 4) is 0 Å². The summed E-state index contributed by atoms with van der Waals surface area (Å²) in [5.74, 6) is 0.0513. The number of H-pyrrole nitrogens is 2. The molecule has 0 unspecified atom stereocenters. The van der Waals surface area contributed by atoms with E-state index in [1.807, 2.05) is 91.9 Å². The van der Waals surface area contributed by atoms with E-state index >= 15 is 0 Å². The third kappa shape index (κ3) is 9.19. The molecule has 7 aromatic carbocycles. The van der Waals surface area contributed by atoms with E-state index in [2.05, 4.69) is 144 Å². The van der Waals surface area contributed by atoms with Crippen molar-refractivity contribution >= 4 is 74.2 Å². The van der Waals surface area contributed by atoms with E-state index in [1.54, 1.807) is 6.92 Å². The quantitative estimate of drug-likeness (QED) is 0.134. The molecule has 0 saturated carbocycles. The van der Waals surface area contributed by atoms with Crippen LogP contribution in [0.25, 0.3) is 0 Å². The maximum absolute atomic E-state index is 13.5. The number of aromatic amines is 2. The summed E-state index contributed by atoms with van der Waals surface area (Å²) in [5.41, 5.74) is 6.81. The zero-order valence-corrected chi connectivity index (χ0v) is 39.6. The Bertz CT molecular complexity index is 2790. The number of nitrogens with zero attached hydrogens (tertiary/aromatic N) is 2. The molecule has 9 rings (SSSR count). The molecule has 4 nitrogen and oxygen atoms in total. The molecule has 0 atom stereocenters. The van der Waals surface area contributed by atoms with Gasteiger partial charge in [0.2, 0.25) is 16.7 Å². The fraction of sp³-hybridized carbons (Fsp3) is 0.111. The zero-order valence-electron chi connectivity index (χ0n) is 36.1. The normalized spacial score (nSPS) is 11.6. The number of aryl methyl sites for hydroxylation is 4. The molecule has 322 valence electrons. The highest BCUT2D eigenvalue weighted by Gasteiger charge is 2.53. The maximum Gasteiger partial charge on any atom is 0.449 e. The Balaban J connectivity index is 0.000000189. The van der Waals surface area contributed by atoms with Crippen LogP contribution in [0.3, 0.4) is 0 Å². The lowest BCUT2D eigenvalue weighted by Crippen LogP contribution is -2.40. The highest BCUT2D eigenvalue weighted by Crippen LogP contribution is 2.56. The topological polar surface area (TPSA) is 57.4 Å². The third-order valence-corrected chi connectivity index (χ3v) is 19.9. The van der Waals surface area contributed by atoms with Gasteiger partial charge in [0.25, 0.3) is 0 Å². The lowest BCUT2D eigenvalue weighted by atomic mass is 10.1. The first kappa shape index (κ1) is 46.1. The van der Waals surface area contributed by atoms with Crippen molar-refractivity contribution in [3.63, 3.8) is 0 Å². The van der Waals surface area contributed by atoms with Crippen molar-refractivity contribution in [1.29, 1.82) is 0 Å². The van der Waals surface area contributed by atoms with Gasteiger partial charge < -0.3 is 9.97 Å². The van der Waals surface area contributed by atoms with Crippen molar-refractivity contribution in [2.75, 3.05) is 0 Å². The minimum absolute atomic E-state index is 0. The summed E-state index contributed by atoms with van der Waals surface area (Å²) in [6.45, 7) is 7.99. The van der Waals surface area contributed by atoms with Gasteiger partial charge in [0, 0.05) is 6.42 Å². The Hall–Kier alpha value is -5.91. The van der Waals surface area contributed by atoms with Gasteiger partial charge in [-0.25, -0.2) is 0 Å². The standard InChI is InChI=1S/C30H28N2P.C24H21F3N2P.BrH/c1-23-18-20-28(21-19-23)33(26-14-8-4-9-15-26,27-16-10-5-11-17-27)30-24(2)31-29(32-30)22-25-12-6-3-7-13-25;1-17-13-15-21(16-14-17)30(19-9-5-3-6-10-19,20-11-7-4-8-12-20)22-18(2)28-23(29-22)24(25,26)27;/h3-21H,22H2,1-2H3,(H,31,32);3-16H,1-2H3,(H,28,29);1H/q2*+1;. The fourth-order valence-corrected chi connectivity index (χ4v) is 17.0. The van der Waals surface area contributed by atoms with Crippen LogP contribution in [0.2, 0.25) is 0 Å². The second kappa shape index (κ2) is 19.9. The summed E-state index contributed by atoms with van der Waals surface area (Å²) < 4.78 is 40.6. The van der Waals surface area contributed by atoms with E-state index in [0.717, 1.165) is 44.9 Å². The van der Waals surface area contributed by atoms with Crippen LogP contribution in [0.15, 0.2) is 200 Å². The first-order valence-electron chi connectivity index (χ1n) is 20.9. The average molecular weight is 954 g/mol. The molecule has 0 amide bonds. The first-order chi connectivity index (χ1) is 30.5. The highest BCUT2D eigenvalue weighted by atomic mass is 79.9. The first-order valence-corrected chi connectivity index (χ1v) is 24.5. The molecule has 0 aliphatic heterocycles. The molecule has 10 heteroatoms. The van der Waals surface area contributed by atoms with Gasteiger partial charge in [0.05, 0.1) is 11.4 Å². The van der Waals surface area contributed by atoms with Gasteiger partial charge >= 0.3 is 6.18 Å². The van der Waals surface area contributed by atoms with Gasteiger partial charge in [0.1, 0.15) is 37.7 Å². The Morgan fingerprint density at radius 3 is 1.06 bits per heavy atom. The number of nitrogens with one attached hydrogen (secondary N) is 2. The smallest absolute Gasteiger partial charge is 0.342 e. The second-order valence-corrected chi connectivity index (χ2v) is 22.3. The number of benzene rings is 7. The van der Waals surface area contributed by atoms with Gasteiger partial charge in [-0.3, -0.25) is 0 Å². The van der Waals surface area contributed by atoms with Crippen LogP contribution in [0.5, 0.6) is 0 Å². The molecule has 0 aliphatic carbocycles. The van der Waals surface area contributed by atoms with Crippen LogP contribution in [-0.2, 0) is 12.6 Å². The molecule has 0 saturated heterocycles. The predicted octanol–water partition coefficient (Wildman–Crippen LogP) is 10.5. The van der Waals surface area contributed by atoms with Crippen molar-refractivity contribution in [1.82, 2.24) is 19.9 Å². The van der Waals surface area contributed by atoms with Crippen molar-refractivity contribution in [3.05, 3.63) is 240 Å². The van der Waals surface area contributed by atoms with Gasteiger partial charge in [-0.05, 0) is 106 Å². The summed E-state index contributed by atoms with van der Waals surface area (Å²) in [6.07, 6.45) is -3.75. The minimum atomic E-state index is -4.54. The van der Waals surface area contributed by atoms with Crippen LogP contribution in [-0.4, -0.2) is 19.9 Å². The van der Waals surface area contributed by atoms with E-state index in [9.17, 15) is 13.2 Å². The molecule has 0 spiro atoms. The molecule has 0 radical (unpaired) electrons. The van der Waals surface area contributed by atoms with Gasteiger partial charge in [0.15, 0.2) is 14.5 Å². The maximum atomic E-state index is 13.5. The molecule has 0 fully saturated rings. The molecule has 0 bridgehead atoms. The van der Waals surface area contributed by atoms with Crippen LogP contribution < -0.4 is 42.7 Å². The predicted molar refractivity (Wildman–Crippen MR) is 270 cm³/mol. The molecular formula is C54H50BrF3N4P2+2. The van der Waals surface area contributed by atoms with Crippen LogP contribution in [0, 0.1) is 27.7 Å². The summed E-state index contributed by atoms with van der Waals surface area (Å²) in [4.78, 5) is 15.6. The third-order valence-electron chi connectivity index (χ3n) is 11.3. The summed E-state index contributed by atoms with van der Waals surface area (Å²) in [5, 5.41) is 6.86. The van der Waals surface area contributed by atoms with Gasteiger partial charge in [-0.2, -0.15) is 23.1 Å². The Morgan fingerprint density at radius 1 is 0.406 bits per heavy atom. The molecule has 2 N–H and O–H groups in total. The van der Waals surface area contributed by atoms with Crippen molar-refractivity contribution < 1.29 is 13.2 Å². The number of aromatic nitrogens is 4. The second-order valence-electron chi connectivity index (χ2n) is 15.7. The van der Waals surface area contributed by atoms with E-state index in [-0.39, 0.29) is 17.0 Å². The molecule has 0 aliphatic rings. The van der Waals surface area contributed by atoms with Crippen LogP contribution in [0.4, 0.5) is 13.2 Å². The van der Waals surface area contributed by atoms with E-state index in [4.69, 9.17) is 4.98 Å². The summed E-state index contributed by atoms with van der Waals surface area (Å²) in [7, 11) is -4.84. The molecule has 9 aromatic rings. The molecular weight excluding hydrogens is 903 g/mol. The molecule has 2 heterocycles. The van der Waals surface area contributed by atoms with E-state index < -0.39 is 26.5 Å². The van der Waals surface area contributed by atoms with Crippen LogP contribution in [0.1, 0.15) is 39.7 Å². The largest absolute Gasteiger partial charge is 0.449 e. The number of hydrogen-bond donors (Lipinski definition) is 2. The molecule has 64 heavy (non-hydrogen) atoms. The highest BCUT2D eigenvalue weighted by molar-refractivity contribution is 8.93. The number of alkyl halides is 3. The van der Waals surface area contributed by atoms with Gasteiger partial charge in [-0.15, -0.1) is 17.0 Å². The van der Waals surface area contributed by atoms with Crippen molar-refractivity contribution in [2.24, 2.45) is 0 Å². The monoisotopic (exact) mass is 952 g/mol. The van der Waals surface area contributed by atoms with Gasteiger partial charge in [-0.1, -0.05) is 139 Å². The average Bonchev–Trinajstić information content (AvgIpc) is 3.89. The SMILES string of the molecule is Br.Cc1ccc([P+](c2ccccc2)(c2ccccc2)c2nc(C(F)(F)F)[nH]c2C)cc1.Cc1ccc([P+](c2ccccc2)(c2ccccc2)c2nc(Cc3ccccc3)[nH]c2C)cc1. The summed E-state index contributed by atoms with van der Waals surface area (Å²) >= 11 is 0. The van der Waals surface area contributed by atoms with Crippen molar-refractivity contribution in [2.45, 2.75) is 40.3 Å². The van der Waals surface area contributed by atoms with E-state index in [1.165, 1.54) is 27.0 Å². The number of halogens is 4. The Labute approximate surface area is 385 Å². The zero-order chi connectivity index (χ0) is 44.0. The Kier molecular flexibility index (Phi) is 14.3. The van der Waals surface area contributed by atoms with E-state index in [0.29, 0.717) is 11.1 Å². The minimum Gasteiger partial charge on any atom is -0.342 e. The fourth-order valence-electron chi connectivity index (χ4n) is 8.39. The number of hydrogen-bond acceptors (Lipinski definition) is 2. The lowest BCUT2D eigenvalue weighted by Gasteiger charge is -2.26. The molecule has 2 aromatic heterocycles. The number of imidazole rings is 2.